The monoisotopic (exact) mass is 401 g/mol. The molecule has 0 radical (unpaired) electrons. The molecule has 1 amide bonds. The highest BCUT2D eigenvalue weighted by atomic mass is 35.5. The average molecular weight is 402 g/mol. The van der Waals surface area contributed by atoms with Gasteiger partial charge in [0, 0.05) is 6.54 Å². The lowest BCUT2D eigenvalue weighted by Gasteiger charge is -2.28. The number of likely N-dealkylation sites (N-methyl/N-ethyl adjacent to an activating group) is 1. The predicted molar refractivity (Wildman–Crippen MR) is 108 cm³/mol. The lowest BCUT2D eigenvalue weighted by atomic mass is 9.92. The molecule has 2 aromatic carbocycles. The largest absolute Gasteiger partial charge is 0.352 e. The van der Waals surface area contributed by atoms with E-state index in [1.54, 1.807) is 19.1 Å². The van der Waals surface area contributed by atoms with Crippen LogP contribution in [-0.4, -0.2) is 31.4 Å². The Labute approximate surface area is 166 Å². The predicted octanol–water partition coefficient (Wildman–Crippen LogP) is 3.26. The first-order chi connectivity index (χ1) is 11.3. The zero-order valence-electron chi connectivity index (χ0n) is 15.1. The lowest BCUT2D eigenvalue weighted by molar-refractivity contribution is -0.126. The van der Waals surface area contributed by atoms with Gasteiger partial charge >= 0.3 is 0 Å². The smallest absolute Gasteiger partial charge is 0.244 e. The summed E-state index contributed by atoms with van der Waals surface area (Å²) in [5.74, 6) is -0.526. The molecule has 0 aliphatic carbocycles. The maximum atomic E-state index is 13.1. The van der Waals surface area contributed by atoms with Gasteiger partial charge in [0.25, 0.3) is 0 Å². The zero-order chi connectivity index (χ0) is 17.7. The summed E-state index contributed by atoms with van der Waals surface area (Å²) in [6.07, 6.45) is 0. The minimum Gasteiger partial charge on any atom is -0.352 e. The summed E-state index contributed by atoms with van der Waals surface area (Å²) in [5.41, 5.74) is 6.80. The molecule has 0 heterocycles. The number of halogens is 3. The van der Waals surface area contributed by atoms with Gasteiger partial charge in [0.15, 0.2) is 0 Å². The molecule has 2 aromatic rings. The number of nitrogens with zero attached hydrogens (tertiary/aromatic N) is 1. The number of carbonyl (C=O) groups excluding carboxylic acids is 1. The normalized spacial score (nSPS) is 13.8. The second-order valence-electron chi connectivity index (χ2n) is 6.31. The molecule has 0 saturated heterocycles. The molecule has 2 rings (SSSR count). The van der Waals surface area contributed by atoms with Crippen molar-refractivity contribution in [3.8, 4) is 0 Å². The van der Waals surface area contributed by atoms with Crippen LogP contribution in [-0.2, 0) is 10.3 Å². The van der Waals surface area contributed by atoms with Crippen LogP contribution < -0.4 is 11.1 Å². The Morgan fingerprint density at radius 3 is 2.15 bits per heavy atom. The molecule has 0 aromatic heterocycles. The van der Waals surface area contributed by atoms with E-state index in [1.165, 1.54) is 12.1 Å². The minimum absolute atomic E-state index is 0. The number of hydrogen-bond donors (Lipinski definition) is 2. The van der Waals surface area contributed by atoms with E-state index in [0.717, 1.165) is 11.1 Å². The van der Waals surface area contributed by atoms with Crippen LogP contribution >= 0.6 is 24.8 Å². The molecular weight excluding hydrogens is 376 g/mol. The summed E-state index contributed by atoms with van der Waals surface area (Å²) in [7, 11) is 3.83. The van der Waals surface area contributed by atoms with Gasteiger partial charge < -0.3 is 16.0 Å². The molecule has 2 unspecified atom stereocenters. The van der Waals surface area contributed by atoms with E-state index in [1.807, 2.05) is 49.3 Å². The Bertz CT molecular complexity index is 679. The average Bonchev–Trinajstić information content (AvgIpc) is 2.57. The van der Waals surface area contributed by atoms with Crippen molar-refractivity contribution in [3.05, 3.63) is 71.5 Å². The topological polar surface area (TPSA) is 58.4 Å². The van der Waals surface area contributed by atoms with Gasteiger partial charge in [-0.1, -0.05) is 42.5 Å². The van der Waals surface area contributed by atoms with Crippen molar-refractivity contribution in [3.63, 3.8) is 0 Å². The first-order valence-electron chi connectivity index (χ1n) is 7.87. The molecule has 2 atom stereocenters. The van der Waals surface area contributed by atoms with E-state index in [2.05, 4.69) is 5.32 Å². The summed E-state index contributed by atoms with van der Waals surface area (Å²) < 4.78 is 13.1. The van der Waals surface area contributed by atoms with Gasteiger partial charge in [0.05, 0.1) is 6.04 Å². The molecule has 144 valence electrons. The fourth-order valence-electron chi connectivity index (χ4n) is 2.57. The molecule has 3 N–H and O–H groups in total. The second kappa shape index (κ2) is 10.5. The fourth-order valence-corrected chi connectivity index (χ4v) is 2.57. The summed E-state index contributed by atoms with van der Waals surface area (Å²) in [5, 5.41) is 2.92. The number of rotatable bonds is 6. The van der Waals surface area contributed by atoms with Crippen molar-refractivity contribution < 1.29 is 9.18 Å². The van der Waals surface area contributed by atoms with Crippen LogP contribution in [0.3, 0.4) is 0 Å². The standard InChI is InChI=1S/C19H24FN3O.2ClH/c1-19(21,15-7-5-4-6-8-15)18(24)22-13-17(23(2)3)14-9-11-16(20)12-10-14;;/h4-12,17H,13,21H2,1-3H3,(H,22,24);2*1H. The lowest BCUT2D eigenvalue weighted by Crippen LogP contribution is -2.50. The molecule has 0 fully saturated rings. The number of benzene rings is 2. The van der Waals surface area contributed by atoms with Crippen LogP contribution in [0, 0.1) is 5.82 Å². The third kappa shape index (κ3) is 5.95. The molecule has 0 spiro atoms. The van der Waals surface area contributed by atoms with E-state index in [0.29, 0.717) is 6.54 Å². The van der Waals surface area contributed by atoms with Gasteiger partial charge in [0.2, 0.25) is 5.91 Å². The number of amides is 1. The van der Waals surface area contributed by atoms with Gasteiger partial charge in [-0.3, -0.25) is 4.79 Å². The molecule has 0 bridgehead atoms. The number of carbonyl (C=O) groups is 1. The first-order valence-corrected chi connectivity index (χ1v) is 7.87. The molecule has 7 heteroatoms. The van der Waals surface area contributed by atoms with Crippen LogP contribution in [0.4, 0.5) is 4.39 Å². The minimum atomic E-state index is -1.11. The van der Waals surface area contributed by atoms with Crippen LogP contribution in [0.15, 0.2) is 54.6 Å². The van der Waals surface area contributed by atoms with E-state index in [4.69, 9.17) is 5.73 Å². The van der Waals surface area contributed by atoms with Gasteiger partial charge in [-0.05, 0) is 44.3 Å². The quantitative estimate of drug-likeness (QED) is 0.780. The van der Waals surface area contributed by atoms with E-state index >= 15 is 0 Å². The van der Waals surface area contributed by atoms with Crippen molar-refractivity contribution in [1.82, 2.24) is 10.2 Å². The molecule has 0 aliphatic rings. The maximum Gasteiger partial charge on any atom is 0.244 e. The highest BCUT2D eigenvalue weighted by molar-refractivity contribution is 5.87. The fraction of sp³-hybridized carbons (Fsp3) is 0.316. The number of nitrogens with two attached hydrogens (primary N) is 1. The van der Waals surface area contributed by atoms with Crippen molar-refractivity contribution in [1.29, 1.82) is 0 Å². The van der Waals surface area contributed by atoms with Crippen LogP contribution in [0.25, 0.3) is 0 Å². The summed E-state index contributed by atoms with van der Waals surface area (Å²) >= 11 is 0. The molecule has 0 aliphatic heterocycles. The molecule has 4 nitrogen and oxygen atoms in total. The third-order valence-electron chi connectivity index (χ3n) is 4.18. The Kier molecular flexibility index (Phi) is 9.81. The maximum absolute atomic E-state index is 13.1. The van der Waals surface area contributed by atoms with Crippen molar-refractivity contribution in [2.75, 3.05) is 20.6 Å². The third-order valence-corrected chi connectivity index (χ3v) is 4.18. The van der Waals surface area contributed by atoms with Crippen molar-refractivity contribution >= 4 is 30.7 Å². The molecule has 26 heavy (non-hydrogen) atoms. The highest BCUT2D eigenvalue weighted by Gasteiger charge is 2.30. The van der Waals surface area contributed by atoms with Crippen molar-refractivity contribution in [2.45, 2.75) is 18.5 Å². The van der Waals surface area contributed by atoms with Crippen LogP contribution in [0.2, 0.25) is 0 Å². The Morgan fingerprint density at radius 1 is 1.12 bits per heavy atom. The summed E-state index contributed by atoms with van der Waals surface area (Å²) in [6, 6.07) is 15.5. The number of hydrogen-bond acceptors (Lipinski definition) is 3. The van der Waals surface area contributed by atoms with Crippen molar-refractivity contribution in [2.24, 2.45) is 5.73 Å². The summed E-state index contributed by atoms with van der Waals surface area (Å²) in [6.45, 7) is 2.08. The van der Waals surface area contributed by atoms with E-state index in [9.17, 15) is 9.18 Å². The van der Waals surface area contributed by atoms with Crippen LogP contribution in [0.5, 0.6) is 0 Å². The van der Waals surface area contributed by atoms with E-state index < -0.39 is 5.54 Å². The zero-order valence-corrected chi connectivity index (χ0v) is 16.7. The highest BCUT2D eigenvalue weighted by Crippen LogP contribution is 2.20. The Balaban J connectivity index is 0.00000312. The molecule has 0 saturated carbocycles. The first kappa shape index (κ1) is 24.3. The van der Waals surface area contributed by atoms with Gasteiger partial charge in [0.1, 0.15) is 11.4 Å². The van der Waals surface area contributed by atoms with E-state index in [-0.39, 0.29) is 42.6 Å². The van der Waals surface area contributed by atoms with Gasteiger partial charge in [-0.2, -0.15) is 0 Å². The number of nitrogens with one attached hydrogen (secondary N) is 1. The van der Waals surface area contributed by atoms with Gasteiger partial charge in [-0.15, -0.1) is 24.8 Å². The Hall–Kier alpha value is -1.66. The Morgan fingerprint density at radius 2 is 1.65 bits per heavy atom. The van der Waals surface area contributed by atoms with Crippen LogP contribution in [0.1, 0.15) is 24.1 Å². The van der Waals surface area contributed by atoms with Gasteiger partial charge in [-0.25, -0.2) is 4.39 Å². The molecular formula is C19H26Cl2FN3O. The SMILES string of the molecule is CN(C)C(CNC(=O)C(C)(N)c1ccccc1)c1ccc(F)cc1.Cl.Cl. The second-order valence-corrected chi connectivity index (χ2v) is 6.31. The summed E-state index contributed by atoms with van der Waals surface area (Å²) in [4.78, 5) is 14.5.